The molecule has 1 heterocycles. The van der Waals surface area contributed by atoms with Crippen molar-refractivity contribution >= 4 is 0 Å². The van der Waals surface area contributed by atoms with Gasteiger partial charge in [-0.1, -0.05) is 22.9 Å². The Balaban J connectivity index is 1.46. The average Bonchev–Trinajstić information content (AvgIpc) is 3.20. The number of hydrogen-bond donors (Lipinski definition) is 0. The van der Waals surface area contributed by atoms with Crippen molar-refractivity contribution in [2.45, 2.75) is 13.5 Å². The molecule has 4 aromatic rings. The normalized spacial score (nSPS) is 10.8. The quantitative estimate of drug-likeness (QED) is 0.456. The van der Waals surface area contributed by atoms with Crippen LogP contribution in [0, 0.1) is 18.6 Å². The molecule has 0 radical (unpaired) electrons. The first-order chi connectivity index (χ1) is 13.6. The Morgan fingerprint density at radius 1 is 0.893 bits per heavy atom. The van der Waals surface area contributed by atoms with Gasteiger partial charge in [0.25, 0.3) is 5.89 Å². The van der Waals surface area contributed by atoms with Crippen LogP contribution in [-0.4, -0.2) is 10.1 Å². The fourth-order valence-electron chi connectivity index (χ4n) is 2.67. The molecule has 3 aromatic carbocycles. The van der Waals surface area contributed by atoms with Gasteiger partial charge in [-0.05, 0) is 61.5 Å². The summed E-state index contributed by atoms with van der Waals surface area (Å²) < 4.78 is 37.7. The zero-order valence-corrected chi connectivity index (χ0v) is 15.0. The fraction of sp³-hybridized carbons (Fsp3) is 0.0909. The summed E-state index contributed by atoms with van der Waals surface area (Å²) in [5.74, 6) is 0.412. The van der Waals surface area contributed by atoms with Crippen molar-refractivity contribution in [2.24, 2.45) is 0 Å². The lowest BCUT2D eigenvalue weighted by molar-refractivity contribution is 0.299. The van der Waals surface area contributed by atoms with Crippen molar-refractivity contribution in [3.05, 3.63) is 89.5 Å². The average molecular weight is 378 g/mol. The zero-order chi connectivity index (χ0) is 19.5. The zero-order valence-electron chi connectivity index (χ0n) is 15.0. The van der Waals surface area contributed by atoms with Gasteiger partial charge in [0.2, 0.25) is 5.82 Å². The van der Waals surface area contributed by atoms with Gasteiger partial charge in [0.05, 0.1) is 0 Å². The highest BCUT2D eigenvalue weighted by molar-refractivity contribution is 5.60. The van der Waals surface area contributed by atoms with E-state index in [0.717, 1.165) is 34.9 Å². The Morgan fingerprint density at radius 2 is 1.61 bits per heavy atom. The summed E-state index contributed by atoms with van der Waals surface area (Å²) in [6, 6.07) is 18.1. The first-order valence-electron chi connectivity index (χ1n) is 8.66. The maximum Gasteiger partial charge on any atom is 0.258 e. The van der Waals surface area contributed by atoms with E-state index in [1.807, 2.05) is 31.2 Å². The molecule has 140 valence electrons. The van der Waals surface area contributed by atoms with Crippen LogP contribution in [0.5, 0.6) is 5.75 Å². The molecular formula is C22H16F2N2O2. The van der Waals surface area contributed by atoms with E-state index < -0.39 is 11.6 Å². The Kier molecular flexibility index (Phi) is 4.85. The molecule has 0 aliphatic heterocycles. The number of halogens is 2. The second-order valence-electron chi connectivity index (χ2n) is 6.34. The molecule has 0 spiro atoms. The van der Waals surface area contributed by atoms with Crippen molar-refractivity contribution in [3.8, 4) is 28.6 Å². The van der Waals surface area contributed by atoms with Gasteiger partial charge in [0, 0.05) is 16.7 Å². The summed E-state index contributed by atoms with van der Waals surface area (Å²) in [6.07, 6.45) is 0. The molecule has 6 heteroatoms. The van der Waals surface area contributed by atoms with Crippen LogP contribution in [0.15, 0.2) is 71.3 Å². The molecule has 28 heavy (non-hydrogen) atoms. The summed E-state index contributed by atoms with van der Waals surface area (Å²) in [7, 11) is 0. The van der Waals surface area contributed by atoms with Crippen molar-refractivity contribution in [1.82, 2.24) is 10.1 Å². The van der Waals surface area contributed by atoms with Crippen molar-refractivity contribution in [1.29, 1.82) is 0 Å². The topological polar surface area (TPSA) is 48.2 Å². The first kappa shape index (κ1) is 17.9. The molecule has 0 saturated heterocycles. The minimum atomic E-state index is -0.506. The maximum atomic E-state index is 13.6. The molecule has 0 N–H and O–H groups in total. The van der Waals surface area contributed by atoms with Gasteiger partial charge in [0.15, 0.2) is 0 Å². The second-order valence-corrected chi connectivity index (χ2v) is 6.34. The number of rotatable bonds is 5. The third-order valence-electron chi connectivity index (χ3n) is 4.24. The predicted molar refractivity (Wildman–Crippen MR) is 101 cm³/mol. The van der Waals surface area contributed by atoms with E-state index in [-0.39, 0.29) is 12.2 Å². The van der Waals surface area contributed by atoms with Crippen LogP contribution in [-0.2, 0) is 6.61 Å². The number of aromatic nitrogens is 2. The molecule has 4 nitrogen and oxygen atoms in total. The minimum absolute atomic E-state index is 0.0667. The van der Waals surface area contributed by atoms with E-state index in [9.17, 15) is 8.78 Å². The Morgan fingerprint density at radius 3 is 2.36 bits per heavy atom. The number of ether oxygens (including phenoxy) is 1. The number of nitrogens with zero attached hydrogens (tertiary/aromatic N) is 2. The number of benzene rings is 3. The predicted octanol–water partition coefficient (Wildman–Crippen LogP) is 5.57. The molecule has 1 aromatic heterocycles. The lowest BCUT2D eigenvalue weighted by atomic mass is 10.1. The summed E-state index contributed by atoms with van der Waals surface area (Å²) in [6.45, 7) is 1.94. The highest BCUT2D eigenvalue weighted by Crippen LogP contribution is 2.24. The summed E-state index contributed by atoms with van der Waals surface area (Å²) >= 11 is 0. The maximum absolute atomic E-state index is 13.6. The Bertz CT molecular complexity index is 1090. The Hall–Kier alpha value is -3.54. The molecule has 0 amide bonds. The van der Waals surface area contributed by atoms with Crippen LogP contribution >= 0.6 is 0 Å². The van der Waals surface area contributed by atoms with Crippen LogP contribution in [0.2, 0.25) is 0 Å². The number of aryl methyl sites for hydroxylation is 1. The molecule has 0 fully saturated rings. The van der Waals surface area contributed by atoms with E-state index in [1.54, 1.807) is 24.3 Å². The third kappa shape index (κ3) is 3.91. The summed E-state index contributed by atoms with van der Waals surface area (Å²) in [4.78, 5) is 4.42. The van der Waals surface area contributed by atoms with E-state index in [1.165, 1.54) is 0 Å². The van der Waals surface area contributed by atoms with Gasteiger partial charge in [-0.2, -0.15) is 4.98 Å². The summed E-state index contributed by atoms with van der Waals surface area (Å²) in [5.41, 5.74) is 2.91. The van der Waals surface area contributed by atoms with Gasteiger partial charge >= 0.3 is 0 Å². The van der Waals surface area contributed by atoms with E-state index >= 15 is 0 Å². The van der Waals surface area contributed by atoms with Crippen LogP contribution in [0.1, 0.15) is 11.1 Å². The first-order valence-corrected chi connectivity index (χ1v) is 8.66. The number of hydrogen-bond acceptors (Lipinski definition) is 4. The standard InChI is InChI=1S/C22H16F2N2O2/c1-14-2-4-16(5-3-14)22-25-21(26-28-22)15-6-9-19(10-7-15)27-13-17-12-18(23)8-11-20(17)24/h2-12H,13H2,1H3. The SMILES string of the molecule is Cc1ccc(-c2nc(-c3ccc(OCc4cc(F)ccc4F)cc3)no2)cc1. The molecule has 0 atom stereocenters. The van der Waals surface area contributed by atoms with E-state index in [0.29, 0.717) is 17.5 Å². The third-order valence-corrected chi connectivity index (χ3v) is 4.24. The molecule has 0 bridgehead atoms. The van der Waals surface area contributed by atoms with Gasteiger partial charge < -0.3 is 9.26 Å². The molecule has 0 aliphatic rings. The largest absolute Gasteiger partial charge is 0.489 e. The molecule has 4 rings (SSSR count). The summed E-state index contributed by atoms with van der Waals surface area (Å²) in [5, 5.41) is 4.01. The van der Waals surface area contributed by atoms with Crippen LogP contribution in [0.4, 0.5) is 8.78 Å². The molecule has 0 aliphatic carbocycles. The van der Waals surface area contributed by atoms with Gasteiger partial charge in [-0.25, -0.2) is 8.78 Å². The van der Waals surface area contributed by atoms with Crippen LogP contribution < -0.4 is 4.74 Å². The van der Waals surface area contributed by atoms with E-state index in [4.69, 9.17) is 9.26 Å². The Labute approximate surface area is 160 Å². The van der Waals surface area contributed by atoms with E-state index in [2.05, 4.69) is 10.1 Å². The van der Waals surface area contributed by atoms with Gasteiger partial charge in [-0.3, -0.25) is 0 Å². The lowest BCUT2D eigenvalue weighted by Crippen LogP contribution is -1.99. The smallest absolute Gasteiger partial charge is 0.258 e. The molecular weight excluding hydrogens is 362 g/mol. The fourth-order valence-corrected chi connectivity index (χ4v) is 2.67. The second kappa shape index (κ2) is 7.60. The van der Waals surface area contributed by atoms with Crippen LogP contribution in [0.25, 0.3) is 22.8 Å². The van der Waals surface area contributed by atoms with Gasteiger partial charge in [-0.15, -0.1) is 0 Å². The molecule has 0 saturated carbocycles. The van der Waals surface area contributed by atoms with Crippen LogP contribution in [0.3, 0.4) is 0 Å². The lowest BCUT2D eigenvalue weighted by Gasteiger charge is -2.07. The highest BCUT2D eigenvalue weighted by atomic mass is 19.1. The monoisotopic (exact) mass is 378 g/mol. The molecule has 0 unspecified atom stereocenters. The highest BCUT2D eigenvalue weighted by Gasteiger charge is 2.11. The van der Waals surface area contributed by atoms with Crippen molar-refractivity contribution < 1.29 is 18.0 Å². The van der Waals surface area contributed by atoms with Crippen molar-refractivity contribution in [2.75, 3.05) is 0 Å². The minimum Gasteiger partial charge on any atom is -0.489 e. The van der Waals surface area contributed by atoms with Gasteiger partial charge in [0.1, 0.15) is 24.0 Å². The van der Waals surface area contributed by atoms with Crippen molar-refractivity contribution in [3.63, 3.8) is 0 Å².